The number of aliphatic hydroxyl groups excluding tert-OH is 4. The molecule has 8 N–H and O–H groups in total. The first kappa shape index (κ1) is 139. The summed E-state index contributed by atoms with van der Waals surface area (Å²) in [5.41, 5.74) is 3.34. The van der Waals surface area contributed by atoms with Crippen LogP contribution in [-0.2, 0) is 24.5 Å². The van der Waals surface area contributed by atoms with Crippen LogP contribution in [0.15, 0.2) is 0 Å². The molecule has 12 rings (SSSR count). The molecule has 12 fully saturated rings. The van der Waals surface area contributed by atoms with E-state index in [4.69, 9.17) is 9.84 Å². The highest BCUT2D eigenvalue weighted by molar-refractivity contribution is 7.87. The number of β-amino-alcohol motifs (C(OH)–C–C–N with tert-alkyl or cyclic N) is 3. The van der Waals surface area contributed by atoms with Gasteiger partial charge >= 0.3 is 10.2 Å². The Morgan fingerprint density at radius 2 is 0.825 bits per heavy atom. The Kier molecular flexibility index (Phi) is 63.3. The van der Waals surface area contributed by atoms with Crippen molar-refractivity contribution in [2.45, 2.75) is 465 Å². The van der Waals surface area contributed by atoms with Crippen LogP contribution in [0, 0.1) is 112 Å². The molecule has 10 heterocycles. The van der Waals surface area contributed by atoms with Crippen LogP contribution in [0.4, 0.5) is 13.2 Å². The summed E-state index contributed by atoms with van der Waals surface area (Å²) in [5.74, 6) is 3.66. The fraction of sp³-hybridized carbons (Fsp3) is 0.983. The van der Waals surface area contributed by atoms with Crippen LogP contribution in [0.2, 0.25) is 0 Å². The van der Waals surface area contributed by atoms with Crippen molar-refractivity contribution < 1.29 is 56.3 Å². The topological polar surface area (TPSA) is 229 Å². The van der Waals surface area contributed by atoms with E-state index >= 15 is 0 Å². The van der Waals surface area contributed by atoms with E-state index in [1.165, 1.54) is 140 Å². The Hall–Kier alpha value is -1.88. The van der Waals surface area contributed by atoms with Crippen molar-refractivity contribution in [3.8, 4) is 0 Å². The fourth-order valence-corrected chi connectivity index (χ4v) is 23.7. The number of likely N-dealkylation sites (tertiary alicyclic amines) is 5. The van der Waals surface area contributed by atoms with Crippen molar-refractivity contribution in [1.82, 2.24) is 54.4 Å². The number of likely N-dealkylation sites (N-methyl/N-ethyl adjacent to an activating group) is 1. The Labute approximate surface area is 883 Å². The molecular weight excluding hydrogens is 1820 g/mol. The minimum Gasteiger partial charge on any atom is -0.395 e. The number of aliphatic hydroxyl groups is 4. The molecule has 2 saturated carbocycles. The zero-order valence-electron chi connectivity index (χ0n) is 101. The van der Waals surface area contributed by atoms with E-state index in [0.717, 1.165) is 167 Å². The first-order valence-electron chi connectivity index (χ1n) is 57.6. The van der Waals surface area contributed by atoms with E-state index < -0.39 is 34.6 Å². The molecule has 2 aliphatic carbocycles. The molecule has 10 aliphatic heterocycles. The molecule has 2 amide bonds. The molecule has 20 nitrogen and oxygen atoms in total. The molecule has 0 aromatic rings. The Balaban J connectivity index is 0.000000781. The number of ether oxygens (including phenoxy) is 1. The van der Waals surface area contributed by atoms with Crippen molar-refractivity contribution in [3.05, 3.63) is 0 Å². The van der Waals surface area contributed by atoms with E-state index in [-0.39, 0.29) is 75.0 Å². The molecule has 143 heavy (non-hydrogen) atoms. The summed E-state index contributed by atoms with van der Waals surface area (Å²) in [6, 6.07) is 0.856. The third kappa shape index (κ3) is 64.8. The van der Waals surface area contributed by atoms with Gasteiger partial charge in [0.1, 0.15) is 18.5 Å². The fourth-order valence-electron chi connectivity index (χ4n) is 22.4. The average molecular weight is 2060 g/mol. The maximum absolute atomic E-state index is 13.6. The van der Waals surface area contributed by atoms with Gasteiger partial charge in [-0.3, -0.25) is 14.5 Å². The highest BCUT2D eigenvalue weighted by atomic mass is 32.2. The Bertz CT molecular complexity index is 3230. The number of amides is 2. The lowest BCUT2D eigenvalue weighted by atomic mass is 9.71. The normalized spacial score (nSPS) is 27.8. The first-order chi connectivity index (χ1) is 65.2. The zero-order chi connectivity index (χ0) is 110. The number of hydrogen-bond acceptors (Lipinski definition) is 17. The number of nitrogens with zero attached hydrogens (tertiary/aromatic N) is 7. The van der Waals surface area contributed by atoms with Gasteiger partial charge in [0.15, 0.2) is 0 Å². The van der Waals surface area contributed by atoms with Gasteiger partial charge in [0.25, 0.3) is 0 Å². The number of hydrogen-bond donors (Lipinski definition) is 8. The Morgan fingerprint density at radius 1 is 0.392 bits per heavy atom. The molecule has 0 aromatic carbocycles. The maximum atomic E-state index is 13.6. The van der Waals surface area contributed by atoms with Crippen molar-refractivity contribution >= 4 is 22.0 Å². The SMILES string of the molecule is CC(C)(C)C1CCCCC1F.CC(C)(C)C1CCCCC1O.CC(C)(C)C1CCN(CCO)CC1.CC(C)(C)C1CCNCC1F.CC(C)(C)C1CCNCC1O.CC(C)(C)CC(=O)NS(=O)(=O)N1CCCC1.CC(C)(C)CC1CCCOC1.CC(C)(C)CCN1CCCC1.CC(C)(C)CCN1CCNC(=O)C1.CN1CCC(C(C)(C)C)C(F)C1.CN1CCC(C(C)(C)C)C(O)C1.CN1CCCC1CC(C)(C)C. The van der Waals surface area contributed by atoms with Gasteiger partial charge in [-0.15, -0.1) is 0 Å². The highest BCUT2D eigenvalue weighted by Crippen LogP contribution is 2.43. The smallest absolute Gasteiger partial charge is 0.303 e. The average Bonchev–Trinajstić information content (AvgIpc) is 1.82. The molecule has 0 bridgehead atoms. The second kappa shape index (κ2) is 65.1. The summed E-state index contributed by atoms with van der Waals surface area (Å²) in [6.07, 6.45) is 29.0. The number of piperazine rings is 1. The maximum Gasteiger partial charge on any atom is 0.303 e. The summed E-state index contributed by atoms with van der Waals surface area (Å²) in [4.78, 5) is 36.5. The van der Waals surface area contributed by atoms with Crippen molar-refractivity contribution in [3.63, 3.8) is 0 Å². The standard InChI is InChI=1S/C11H23NO.C10H20FN.C10H19F.C10H20N2O3S.C10H20N2O.C10H21NO.2C10H21N.2C10H20O.C9H18FN.C9H19NO/c1-11(2,3)10-4-6-12(7-5-10)8-9-13;1-10(2,3)8-5-6-12(4)7-9(8)11;1-10(2,3)8-6-4-5-7-9(8)11;1-10(2,3)8-9(13)11-16(14,15)12-6-4-5-7-12;1-10(2,3)4-6-12-7-5-11-9(13)8-12;1-10(2,3)8-5-6-11(4)7-9(8)12;1-10(2,3)8-9-6-5-7-11(9)4;1-10(2,3)6-9-11-7-4-5-8-11;1-10(2,3)7-9-5-4-6-11-8-9;1-10(2,3)8-6-4-5-7-9(8)11;1-9(2,3)7-4-5-11-6-8(7)10;1-9(2,3)7-4-5-10-6-8(7)11/h10,13H,4-9H2,1-3H3;8-9H,5-7H2,1-4H3;8-9H,4-7H2,1-3H3;4-8H2,1-3H3,(H,11,13);4-8H2,1-3H3,(H,11,13);8-9,12H,5-7H2,1-4H3;9H,5-8H2,1-4H3;4-9H2,1-3H3;9H,4-8H2,1-3H3;8-9,11H,4-7H2,1-3H3;7-8,11H,4-6H2,1-3H3;7-8,10-11H,4-6H2,1-3H3. The molecule has 14 unspecified atom stereocenters. The predicted octanol–water partition coefficient (Wildman–Crippen LogP) is 24.1. The first-order valence-corrected chi connectivity index (χ1v) is 59.1. The number of nitrogens with one attached hydrogen (secondary N) is 4. The molecule has 854 valence electrons. The molecule has 10 saturated heterocycles. The zero-order valence-corrected chi connectivity index (χ0v) is 102. The van der Waals surface area contributed by atoms with Crippen molar-refractivity contribution in [2.24, 2.45) is 112 Å². The number of piperidine rings is 5. The van der Waals surface area contributed by atoms with Gasteiger partial charge in [0.2, 0.25) is 11.8 Å². The summed E-state index contributed by atoms with van der Waals surface area (Å²) in [5, 5.41) is 47.1. The van der Waals surface area contributed by atoms with Crippen LogP contribution in [0.25, 0.3) is 0 Å². The second-order valence-corrected chi connectivity index (χ2v) is 60.7. The van der Waals surface area contributed by atoms with Gasteiger partial charge in [-0.25, -0.2) is 17.9 Å². The van der Waals surface area contributed by atoms with Gasteiger partial charge in [-0.2, -0.15) is 12.7 Å². The summed E-state index contributed by atoms with van der Waals surface area (Å²) < 4.78 is 72.5. The quantitative estimate of drug-likeness (QED) is 0.0962. The lowest BCUT2D eigenvalue weighted by Crippen LogP contribution is -2.48. The van der Waals surface area contributed by atoms with E-state index in [1.54, 1.807) is 0 Å². The van der Waals surface area contributed by atoms with Crippen molar-refractivity contribution in [1.29, 1.82) is 0 Å². The highest BCUT2D eigenvalue weighted by Gasteiger charge is 2.41. The molecule has 24 heteroatoms. The van der Waals surface area contributed by atoms with Crippen LogP contribution in [0.1, 0.15) is 423 Å². The van der Waals surface area contributed by atoms with Gasteiger partial charge in [0.05, 0.1) is 31.5 Å². The molecule has 12 aliphatic rings. The largest absolute Gasteiger partial charge is 0.395 e. The third-order valence-corrected chi connectivity index (χ3v) is 32.9. The molecule has 0 radical (unpaired) electrons. The minimum absolute atomic E-state index is 0.0382. The number of alkyl halides is 3. The van der Waals surface area contributed by atoms with Crippen LogP contribution in [0.3, 0.4) is 0 Å². The number of carbonyl (C=O) groups excluding carboxylic acids is 2. The van der Waals surface area contributed by atoms with E-state index in [0.29, 0.717) is 95.5 Å². The Morgan fingerprint density at radius 3 is 1.21 bits per heavy atom. The molecule has 14 atom stereocenters. The number of rotatable bonds is 11. The van der Waals surface area contributed by atoms with Crippen LogP contribution in [-0.4, -0.2) is 296 Å². The van der Waals surface area contributed by atoms with Gasteiger partial charge < -0.3 is 65.6 Å². The lowest BCUT2D eigenvalue weighted by Gasteiger charge is -2.41. The molecular formula is C119H242F3N11O9S. The third-order valence-electron chi connectivity index (χ3n) is 31.4. The molecule has 0 spiro atoms. The lowest BCUT2D eigenvalue weighted by molar-refractivity contribution is -0.124. The van der Waals surface area contributed by atoms with E-state index in [1.807, 2.05) is 27.8 Å². The number of carbonyl (C=O) groups is 2. The summed E-state index contributed by atoms with van der Waals surface area (Å²) >= 11 is 0. The van der Waals surface area contributed by atoms with Gasteiger partial charge in [-0.1, -0.05) is 275 Å². The number of halogens is 3. The monoisotopic (exact) mass is 2060 g/mol. The summed E-state index contributed by atoms with van der Waals surface area (Å²) in [7, 11) is 2.72. The molecule has 0 aromatic heterocycles. The van der Waals surface area contributed by atoms with E-state index in [2.05, 4.69) is 293 Å². The van der Waals surface area contributed by atoms with Crippen LogP contribution in [0.5, 0.6) is 0 Å². The minimum atomic E-state index is -3.60. The summed E-state index contributed by atoms with van der Waals surface area (Å²) in [6.45, 7) is 102. The van der Waals surface area contributed by atoms with Crippen molar-refractivity contribution in [2.75, 3.05) is 178 Å². The van der Waals surface area contributed by atoms with Gasteiger partial charge in [-0.05, 0) is 347 Å². The predicted molar refractivity (Wildman–Crippen MR) is 605 cm³/mol. The van der Waals surface area contributed by atoms with Gasteiger partial charge in [0, 0.05) is 84.6 Å². The van der Waals surface area contributed by atoms with E-state index in [9.17, 15) is 46.5 Å². The van der Waals surface area contributed by atoms with Crippen LogP contribution >= 0.6 is 0 Å². The van der Waals surface area contributed by atoms with Crippen LogP contribution < -0.4 is 20.7 Å². The second-order valence-electron chi connectivity index (χ2n) is 59.0.